The SMILES string of the molecule is CCS(=O)(=O)N1CCCC(C(=O)N2CC(CC(F)F)C2)C1. The highest BCUT2D eigenvalue weighted by Gasteiger charge is 2.38. The summed E-state index contributed by atoms with van der Waals surface area (Å²) in [5.41, 5.74) is 0. The van der Waals surface area contributed by atoms with E-state index < -0.39 is 16.4 Å². The number of sulfonamides is 1. The molecule has 1 amide bonds. The molecule has 0 aliphatic carbocycles. The van der Waals surface area contributed by atoms with Gasteiger partial charge < -0.3 is 4.90 Å². The molecule has 1 unspecified atom stereocenters. The Kier molecular flexibility index (Phi) is 5.19. The van der Waals surface area contributed by atoms with E-state index in [4.69, 9.17) is 0 Å². The van der Waals surface area contributed by atoms with Crippen LogP contribution < -0.4 is 0 Å². The standard InChI is InChI=1S/C13H22F2N2O3S/c1-2-21(19,20)17-5-3-4-11(9-17)13(18)16-7-10(8-16)6-12(14)15/h10-12H,2-9H2,1H3. The topological polar surface area (TPSA) is 57.7 Å². The first-order valence-electron chi connectivity index (χ1n) is 7.38. The molecule has 5 nitrogen and oxygen atoms in total. The van der Waals surface area contributed by atoms with Crippen molar-refractivity contribution in [3.05, 3.63) is 0 Å². The Hall–Kier alpha value is -0.760. The van der Waals surface area contributed by atoms with Crippen molar-refractivity contribution in [1.29, 1.82) is 0 Å². The van der Waals surface area contributed by atoms with Gasteiger partial charge in [0, 0.05) is 32.6 Å². The van der Waals surface area contributed by atoms with E-state index in [-0.39, 0.29) is 36.5 Å². The molecule has 2 aliphatic heterocycles. The molecule has 2 saturated heterocycles. The summed E-state index contributed by atoms with van der Waals surface area (Å²) in [6.45, 7) is 3.03. The summed E-state index contributed by atoms with van der Waals surface area (Å²) >= 11 is 0. The Morgan fingerprint density at radius 2 is 1.95 bits per heavy atom. The average Bonchev–Trinajstić information content (AvgIpc) is 2.41. The predicted molar refractivity (Wildman–Crippen MR) is 74.4 cm³/mol. The van der Waals surface area contributed by atoms with Crippen molar-refractivity contribution in [2.45, 2.75) is 32.6 Å². The van der Waals surface area contributed by atoms with Gasteiger partial charge >= 0.3 is 0 Å². The number of hydrogen-bond acceptors (Lipinski definition) is 3. The average molecular weight is 324 g/mol. The van der Waals surface area contributed by atoms with Gasteiger partial charge in [-0.2, -0.15) is 0 Å². The Morgan fingerprint density at radius 1 is 1.29 bits per heavy atom. The number of carbonyl (C=O) groups excluding carboxylic acids is 1. The Labute approximate surface area is 124 Å². The molecule has 1 atom stereocenters. The highest BCUT2D eigenvalue weighted by molar-refractivity contribution is 7.89. The summed E-state index contributed by atoms with van der Waals surface area (Å²) in [5, 5.41) is 0. The molecule has 0 spiro atoms. The number of rotatable bonds is 5. The smallest absolute Gasteiger partial charge is 0.239 e. The van der Waals surface area contributed by atoms with E-state index in [0.29, 0.717) is 32.5 Å². The number of piperidine rings is 1. The Bertz CT molecular complexity index is 478. The van der Waals surface area contributed by atoms with Crippen LogP contribution in [0.1, 0.15) is 26.2 Å². The van der Waals surface area contributed by atoms with E-state index in [1.807, 2.05) is 0 Å². The van der Waals surface area contributed by atoms with Gasteiger partial charge in [-0.1, -0.05) is 0 Å². The van der Waals surface area contributed by atoms with E-state index in [1.165, 1.54) is 4.31 Å². The first kappa shape index (κ1) is 16.6. The summed E-state index contributed by atoms with van der Waals surface area (Å²) in [7, 11) is -3.27. The number of amides is 1. The minimum absolute atomic E-state index is 0.0358. The molecule has 2 fully saturated rings. The normalized spacial score (nSPS) is 25.1. The highest BCUT2D eigenvalue weighted by Crippen LogP contribution is 2.27. The van der Waals surface area contributed by atoms with E-state index in [2.05, 4.69) is 0 Å². The summed E-state index contributed by atoms with van der Waals surface area (Å²) < 4.78 is 49.6. The molecule has 0 aromatic heterocycles. The molecule has 0 radical (unpaired) electrons. The number of carbonyl (C=O) groups is 1. The summed E-state index contributed by atoms with van der Waals surface area (Å²) in [6, 6.07) is 0. The molecular formula is C13H22F2N2O3S. The Balaban J connectivity index is 1.86. The lowest BCUT2D eigenvalue weighted by molar-refractivity contribution is -0.144. The van der Waals surface area contributed by atoms with Crippen molar-refractivity contribution in [3.8, 4) is 0 Å². The third-order valence-electron chi connectivity index (χ3n) is 4.27. The van der Waals surface area contributed by atoms with Crippen LogP contribution in [0.25, 0.3) is 0 Å². The van der Waals surface area contributed by atoms with Gasteiger partial charge in [0.05, 0.1) is 11.7 Å². The van der Waals surface area contributed by atoms with Gasteiger partial charge in [0.25, 0.3) is 0 Å². The highest BCUT2D eigenvalue weighted by atomic mass is 32.2. The second-order valence-corrected chi connectivity index (χ2v) is 8.09. The lowest BCUT2D eigenvalue weighted by Gasteiger charge is -2.42. The number of alkyl halides is 2. The predicted octanol–water partition coefficient (Wildman–Crippen LogP) is 1.16. The van der Waals surface area contributed by atoms with Gasteiger partial charge in [0.2, 0.25) is 22.4 Å². The number of hydrogen-bond donors (Lipinski definition) is 0. The van der Waals surface area contributed by atoms with Crippen molar-refractivity contribution in [2.75, 3.05) is 31.9 Å². The van der Waals surface area contributed by atoms with Gasteiger partial charge in [0.15, 0.2) is 0 Å². The lowest BCUT2D eigenvalue weighted by Crippen LogP contribution is -2.55. The molecule has 2 aliphatic rings. The lowest BCUT2D eigenvalue weighted by atomic mass is 9.91. The maximum absolute atomic E-state index is 12.3. The van der Waals surface area contributed by atoms with Crippen LogP contribution in [0, 0.1) is 11.8 Å². The minimum atomic E-state index is -3.27. The molecule has 0 N–H and O–H groups in total. The molecule has 2 heterocycles. The molecule has 122 valence electrons. The third kappa shape index (κ3) is 3.91. The number of nitrogens with zero attached hydrogens (tertiary/aromatic N) is 2. The molecule has 21 heavy (non-hydrogen) atoms. The van der Waals surface area contributed by atoms with Crippen LogP contribution in [-0.2, 0) is 14.8 Å². The Morgan fingerprint density at radius 3 is 2.52 bits per heavy atom. The van der Waals surface area contributed by atoms with Crippen molar-refractivity contribution < 1.29 is 22.0 Å². The van der Waals surface area contributed by atoms with Crippen molar-refractivity contribution in [1.82, 2.24) is 9.21 Å². The van der Waals surface area contributed by atoms with E-state index in [9.17, 15) is 22.0 Å². The zero-order chi connectivity index (χ0) is 15.6. The second-order valence-electron chi connectivity index (χ2n) is 5.83. The summed E-state index contributed by atoms with van der Waals surface area (Å²) in [4.78, 5) is 13.9. The molecule has 0 bridgehead atoms. The van der Waals surface area contributed by atoms with Crippen LogP contribution in [0.3, 0.4) is 0 Å². The summed E-state index contributed by atoms with van der Waals surface area (Å²) in [6.07, 6.45) is -1.15. The first-order chi connectivity index (χ1) is 9.83. The second kappa shape index (κ2) is 6.56. The fourth-order valence-corrected chi connectivity index (χ4v) is 4.17. The van der Waals surface area contributed by atoms with Gasteiger partial charge in [-0.25, -0.2) is 21.5 Å². The quantitative estimate of drug-likeness (QED) is 0.762. The van der Waals surface area contributed by atoms with Crippen LogP contribution >= 0.6 is 0 Å². The van der Waals surface area contributed by atoms with Crippen LogP contribution in [0.2, 0.25) is 0 Å². The monoisotopic (exact) mass is 324 g/mol. The van der Waals surface area contributed by atoms with Crippen LogP contribution in [-0.4, -0.2) is 61.9 Å². The van der Waals surface area contributed by atoms with Crippen molar-refractivity contribution >= 4 is 15.9 Å². The molecular weight excluding hydrogens is 302 g/mol. The largest absolute Gasteiger partial charge is 0.342 e. The molecule has 0 aromatic rings. The van der Waals surface area contributed by atoms with Crippen molar-refractivity contribution in [3.63, 3.8) is 0 Å². The zero-order valence-corrected chi connectivity index (χ0v) is 13.0. The van der Waals surface area contributed by atoms with Gasteiger partial charge in [-0.05, 0) is 25.7 Å². The molecule has 0 saturated carbocycles. The molecule has 0 aromatic carbocycles. The maximum atomic E-state index is 12.3. The third-order valence-corrected chi connectivity index (χ3v) is 6.12. The van der Waals surface area contributed by atoms with Gasteiger partial charge in [0.1, 0.15) is 0 Å². The van der Waals surface area contributed by atoms with E-state index in [0.717, 1.165) is 0 Å². The van der Waals surface area contributed by atoms with Gasteiger partial charge in [-0.15, -0.1) is 0 Å². The van der Waals surface area contributed by atoms with Gasteiger partial charge in [-0.3, -0.25) is 4.79 Å². The summed E-state index contributed by atoms with van der Waals surface area (Å²) in [5.74, 6) is -0.495. The number of likely N-dealkylation sites (tertiary alicyclic amines) is 1. The van der Waals surface area contributed by atoms with Crippen molar-refractivity contribution in [2.24, 2.45) is 11.8 Å². The maximum Gasteiger partial charge on any atom is 0.239 e. The van der Waals surface area contributed by atoms with Crippen LogP contribution in [0.15, 0.2) is 0 Å². The fraction of sp³-hybridized carbons (Fsp3) is 0.923. The molecule has 8 heteroatoms. The van der Waals surface area contributed by atoms with E-state index >= 15 is 0 Å². The minimum Gasteiger partial charge on any atom is -0.342 e. The number of halogens is 2. The van der Waals surface area contributed by atoms with Crippen LogP contribution in [0.4, 0.5) is 8.78 Å². The van der Waals surface area contributed by atoms with Crippen LogP contribution in [0.5, 0.6) is 0 Å². The molecule has 2 rings (SSSR count). The first-order valence-corrected chi connectivity index (χ1v) is 8.99. The fourth-order valence-electron chi connectivity index (χ4n) is 2.99. The zero-order valence-electron chi connectivity index (χ0n) is 12.2. The van der Waals surface area contributed by atoms with E-state index in [1.54, 1.807) is 11.8 Å².